The Morgan fingerprint density at radius 2 is 2.11 bits per heavy atom. The molecule has 0 amide bonds. The molecule has 0 spiro atoms. The Hall–Kier alpha value is -1.45. The van der Waals surface area contributed by atoms with Crippen molar-refractivity contribution in [2.45, 2.75) is 39.9 Å². The van der Waals surface area contributed by atoms with E-state index in [1.807, 2.05) is 32.9 Å². The second kappa shape index (κ2) is 5.27. The quantitative estimate of drug-likeness (QED) is 0.831. The van der Waals surface area contributed by atoms with Crippen LogP contribution in [0.5, 0.6) is 0 Å². The molecule has 1 aromatic rings. The van der Waals surface area contributed by atoms with Gasteiger partial charge in [0.2, 0.25) is 0 Å². The van der Waals surface area contributed by atoms with E-state index < -0.39 is 6.10 Å². The lowest BCUT2D eigenvalue weighted by atomic mass is 9.79. The Labute approximate surface area is 113 Å². The molecular weight excluding hydrogens is 240 g/mol. The summed E-state index contributed by atoms with van der Waals surface area (Å²) < 4.78 is 5.15. The lowest BCUT2D eigenvalue weighted by Crippen LogP contribution is -2.32. The third kappa shape index (κ3) is 2.36. The first-order valence-electron chi connectivity index (χ1n) is 6.46. The number of carbonyl (C=O) groups is 1. The third-order valence-electron chi connectivity index (χ3n) is 3.77. The van der Waals surface area contributed by atoms with Crippen LogP contribution in [0, 0.1) is 6.92 Å². The molecule has 0 radical (unpaired) electrons. The fourth-order valence-corrected chi connectivity index (χ4v) is 2.64. The minimum atomic E-state index is -1.00. The Morgan fingerprint density at radius 3 is 2.68 bits per heavy atom. The van der Waals surface area contributed by atoms with Gasteiger partial charge in [-0.1, -0.05) is 17.7 Å². The standard InChI is InChI=1S/C16H20O3/c1-9(2)12-7-13-10(3)5-6-11(8-19-4)14(13)16(18)15(12)17/h5-6,15,17H,7-8H2,1-4H3. The first kappa shape index (κ1) is 14.0. The number of methoxy groups -OCH3 is 1. The van der Waals surface area contributed by atoms with Gasteiger partial charge < -0.3 is 9.84 Å². The van der Waals surface area contributed by atoms with Crippen molar-refractivity contribution in [1.29, 1.82) is 0 Å². The van der Waals surface area contributed by atoms with Gasteiger partial charge in [0.15, 0.2) is 5.78 Å². The molecule has 3 heteroatoms. The highest BCUT2D eigenvalue weighted by Crippen LogP contribution is 2.32. The van der Waals surface area contributed by atoms with E-state index in [1.165, 1.54) is 0 Å². The number of fused-ring (bicyclic) bond motifs is 1. The first-order chi connectivity index (χ1) is 8.97. The summed E-state index contributed by atoms with van der Waals surface area (Å²) in [6.45, 7) is 6.27. The van der Waals surface area contributed by atoms with Gasteiger partial charge in [0.1, 0.15) is 6.10 Å². The number of aryl methyl sites for hydroxylation is 1. The minimum absolute atomic E-state index is 0.201. The predicted octanol–water partition coefficient (Wildman–Crippen LogP) is 2.58. The second-order valence-electron chi connectivity index (χ2n) is 5.30. The number of aliphatic hydroxyl groups is 1. The third-order valence-corrected chi connectivity index (χ3v) is 3.77. The number of Topliss-reactive ketones (excluding diaryl/α,β-unsaturated/α-hetero) is 1. The number of benzene rings is 1. The Kier molecular flexibility index (Phi) is 3.88. The Bertz CT molecular complexity index is 551. The molecular formula is C16H20O3. The largest absolute Gasteiger partial charge is 0.380 e. The van der Waals surface area contributed by atoms with E-state index in [0.29, 0.717) is 18.6 Å². The van der Waals surface area contributed by atoms with Gasteiger partial charge >= 0.3 is 0 Å². The van der Waals surface area contributed by atoms with Crippen LogP contribution >= 0.6 is 0 Å². The summed E-state index contributed by atoms with van der Waals surface area (Å²) in [6.07, 6.45) is -0.358. The van der Waals surface area contributed by atoms with Crippen molar-refractivity contribution in [2.75, 3.05) is 7.11 Å². The molecule has 19 heavy (non-hydrogen) atoms. The smallest absolute Gasteiger partial charge is 0.196 e. The molecule has 1 aliphatic carbocycles. The normalized spacial score (nSPS) is 18.5. The lowest BCUT2D eigenvalue weighted by Gasteiger charge is -2.27. The molecule has 1 aliphatic rings. The SMILES string of the molecule is COCc1ccc(C)c2c1C(=O)C(O)C(=C(C)C)C2. The van der Waals surface area contributed by atoms with Crippen molar-refractivity contribution in [3.8, 4) is 0 Å². The van der Waals surface area contributed by atoms with Gasteiger partial charge in [-0.25, -0.2) is 0 Å². The highest BCUT2D eigenvalue weighted by Gasteiger charge is 2.32. The van der Waals surface area contributed by atoms with E-state index in [0.717, 1.165) is 27.8 Å². The average Bonchev–Trinajstić information content (AvgIpc) is 2.36. The molecule has 0 aromatic heterocycles. The van der Waals surface area contributed by atoms with Gasteiger partial charge in [-0.2, -0.15) is 0 Å². The molecule has 0 fully saturated rings. The summed E-state index contributed by atoms with van der Waals surface area (Å²) in [7, 11) is 1.61. The van der Waals surface area contributed by atoms with Gasteiger partial charge in [0.25, 0.3) is 0 Å². The Morgan fingerprint density at radius 1 is 1.42 bits per heavy atom. The molecule has 2 rings (SSSR count). The number of hydrogen-bond donors (Lipinski definition) is 1. The summed E-state index contributed by atoms with van der Waals surface area (Å²) in [5.74, 6) is -0.201. The van der Waals surface area contributed by atoms with Crippen molar-refractivity contribution in [1.82, 2.24) is 0 Å². The monoisotopic (exact) mass is 260 g/mol. The number of rotatable bonds is 2. The van der Waals surface area contributed by atoms with Crippen LogP contribution in [-0.4, -0.2) is 24.1 Å². The zero-order chi connectivity index (χ0) is 14.2. The van der Waals surface area contributed by atoms with Crippen LogP contribution in [0.15, 0.2) is 23.3 Å². The van der Waals surface area contributed by atoms with Crippen molar-refractivity contribution < 1.29 is 14.6 Å². The fourth-order valence-electron chi connectivity index (χ4n) is 2.64. The van der Waals surface area contributed by atoms with Crippen molar-refractivity contribution in [2.24, 2.45) is 0 Å². The number of ketones is 1. The van der Waals surface area contributed by atoms with Crippen LogP contribution < -0.4 is 0 Å². The molecule has 102 valence electrons. The fraction of sp³-hybridized carbons (Fsp3) is 0.438. The van der Waals surface area contributed by atoms with Crippen LogP contribution in [0.3, 0.4) is 0 Å². The second-order valence-corrected chi connectivity index (χ2v) is 5.30. The van der Waals surface area contributed by atoms with Gasteiger partial charge in [0.05, 0.1) is 6.61 Å². The molecule has 1 aromatic carbocycles. The average molecular weight is 260 g/mol. The summed E-state index contributed by atoms with van der Waals surface area (Å²) in [5.41, 5.74) is 5.48. The molecule has 0 heterocycles. The number of aliphatic hydroxyl groups excluding tert-OH is 1. The van der Waals surface area contributed by atoms with Crippen molar-refractivity contribution in [3.05, 3.63) is 45.5 Å². The van der Waals surface area contributed by atoms with E-state index in [2.05, 4.69) is 0 Å². The lowest BCUT2D eigenvalue weighted by molar-refractivity contribution is 0.0783. The van der Waals surface area contributed by atoms with Crippen LogP contribution in [0.2, 0.25) is 0 Å². The highest BCUT2D eigenvalue weighted by atomic mass is 16.5. The molecule has 3 nitrogen and oxygen atoms in total. The zero-order valence-electron chi connectivity index (χ0n) is 11.9. The highest BCUT2D eigenvalue weighted by molar-refractivity contribution is 6.05. The molecule has 1 atom stereocenters. The van der Waals surface area contributed by atoms with E-state index in [-0.39, 0.29) is 5.78 Å². The molecule has 0 saturated heterocycles. The van der Waals surface area contributed by atoms with Crippen molar-refractivity contribution in [3.63, 3.8) is 0 Å². The molecule has 1 N–H and O–H groups in total. The van der Waals surface area contributed by atoms with Crippen LogP contribution in [0.1, 0.15) is 40.9 Å². The van der Waals surface area contributed by atoms with E-state index in [4.69, 9.17) is 4.74 Å². The summed E-state index contributed by atoms with van der Waals surface area (Å²) in [6, 6.07) is 3.93. The van der Waals surface area contributed by atoms with E-state index in [1.54, 1.807) is 7.11 Å². The van der Waals surface area contributed by atoms with Gasteiger partial charge in [-0.15, -0.1) is 0 Å². The first-order valence-corrected chi connectivity index (χ1v) is 6.46. The summed E-state index contributed by atoms with van der Waals surface area (Å²) in [5, 5.41) is 10.2. The van der Waals surface area contributed by atoms with Crippen LogP contribution in [0.25, 0.3) is 0 Å². The van der Waals surface area contributed by atoms with E-state index in [9.17, 15) is 9.90 Å². The molecule has 0 saturated carbocycles. The molecule has 0 bridgehead atoms. The number of hydrogen-bond acceptors (Lipinski definition) is 3. The topological polar surface area (TPSA) is 46.5 Å². The maximum atomic E-state index is 12.4. The van der Waals surface area contributed by atoms with Gasteiger partial charge in [0, 0.05) is 12.7 Å². The van der Waals surface area contributed by atoms with E-state index >= 15 is 0 Å². The number of carbonyl (C=O) groups excluding carboxylic acids is 1. The molecule has 1 unspecified atom stereocenters. The molecule has 0 aliphatic heterocycles. The van der Waals surface area contributed by atoms with Crippen LogP contribution in [0.4, 0.5) is 0 Å². The number of allylic oxidation sites excluding steroid dienone is 1. The van der Waals surface area contributed by atoms with Gasteiger partial charge in [-0.3, -0.25) is 4.79 Å². The zero-order valence-corrected chi connectivity index (χ0v) is 11.9. The summed E-state index contributed by atoms with van der Waals surface area (Å²) >= 11 is 0. The van der Waals surface area contributed by atoms with Gasteiger partial charge in [-0.05, 0) is 49.5 Å². The summed E-state index contributed by atoms with van der Waals surface area (Å²) in [4.78, 5) is 12.4. The number of ether oxygens (including phenoxy) is 1. The van der Waals surface area contributed by atoms with Crippen molar-refractivity contribution >= 4 is 5.78 Å². The minimum Gasteiger partial charge on any atom is -0.380 e. The maximum Gasteiger partial charge on any atom is 0.196 e. The maximum absolute atomic E-state index is 12.4. The Balaban J connectivity index is 2.64. The van der Waals surface area contributed by atoms with Crippen LogP contribution in [-0.2, 0) is 17.8 Å². The predicted molar refractivity (Wildman–Crippen MR) is 74.3 cm³/mol.